The van der Waals surface area contributed by atoms with Crippen molar-refractivity contribution in [2.24, 2.45) is 0 Å². The molecule has 7 heteroatoms. The molecule has 1 saturated carbocycles. The van der Waals surface area contributed by atoms with Crippen LogP contribution in [-0.2, 0) is 12.0 Å². The van der Waals surface area contributed by atoms with E-state index in [2.05, 4.69) is 22.4 Å². The standard InChI is InChI=1S/C25H26N2O4S/c28-24(18-4-3-5-21(12-18)31-14-20-15-32-17-27-20)26-16-25(8-1-2-9-25)19-6-7-22-23(13-19)30-11-10-29-22/h3-7,12-13,15,17H,1-2,8-11,14,16H2,(H,26,28). The average molecular weight is 451 g/mol. The number of ether oxygens (including phenoxy) is 3. The molecule has 0 radical (unpaired) electrons. The predicted molar refractivity (Wildman–Crippen MR) is 123 cm³/mol. The molecule has 0 atom stereocenters. The van der Waals surface area contributed by atoms with Crippen LogP contribution in [0.15, 0.2) is 53.4 Å². The Morgan fingerprint density at radius 2 is 1.94 bits per heavy atom. The van der Waals surface area contributed by atoms with Gasteiger partial charge >= 0.3 is 0 Å². The first-order valence-corrected chi connectivity index (χ1v) is 11.9. The first kappa shape index (κ1) is 20.8. The summed E-state index contributed by atoms with van der Waals surface area (Å²) in [6.07, 6.45) is 4.40. The van der Waals surface area contributed by atoms with Gasteiger partial charge in [0.1, 0.15) is 25.6 Å². The van der Waals surface area contributed by atoms with Crippen LogP contribution in [0.5, 0.6) is 17.2 Å². The maximum Gasteiger partial charge on any atom is 0.251 e. The Hall–Kier alpha value is -3.06. The van der Waals surface area contributed by atoms with E-state index in [9.17, 15) is 4.79 Å². The van der Waals surface area contributed by atoms with Crippen molar-refractivity contribution in [3.63, 3.8) is 0 Å². The molecule has 0 saturated heterocycles. The summed E-state index contributed by atoms with van der Waals surface area (Å²) >= 11 is 1.54. The van der Waals surface area contributed by atoms with Gasteiger partial charge in [0.15, 0.2) is 11.5 Å². The molecule has 0 spiro atoms. The van der Waals surface area contributed by atoms with Gasteiger partial charge in [-0.25, -0.2) is 4.98 Å². The van der Waals surface area contributed by atoms with Gasteiger partial charge in [-0.05, 0) is 48.7 Å². The molecule has 2 aromatic carbocycles. The zero-order chi connectivity index (χ0) is 21.8. The fraction of sp³-hybridized carbons (Fsp3) is 0.360. The van der Waals surface area contributed by atoms with Crippen molar-refractivity contribution in [2.75, 3.05) is 19.8 Å². The molecule has 5 rings (SSSR count). The summed E-state index contributed by atoms with van der Waals surface area (Å²) < 4.78 is 17.3. The smallest absolute Gasteiger partial charge is 0.251 e. The maximum atomic E-state index is 13.0. The van der Waals surface area contributed by atoms with Crippen molar-refractivity contribution in [1.29, 1.82) is 0 Å². The van der Waals surface area contributed by atoms with Crippen LogP contribution >= 0.6 is 11.3 Å². The molecule has 1 N–H and O–H groups in total. The Labute approximate surface area is 191 Å². The monoisotopic (exact) mass is 450 g/mol. The van der Waals surface area contributed by atoms with E-state index in [4.69, 9.17) is 14.2 Å². The number of nitrogens with one attached hydrogen (secondary N) is 1. The number of thiazole rings is 1. The Morgan fingerprint density at radius 3 is 2.75 bits per heavy atom. The van der Waals surface area contributed by atoms with Gasteiger partial charge in [-0.3, -0.25) is 4.79 Å². The largest absolute Gasteiger partial charge is 0.487 e. The van der Waals surface area contributed by atoms with Crippen molar-refractivity contribution < 1.29 is 19.0 Å². The van der Waals surface area contributed by atoms with E-state index in [1.807, 2.05) is 29.6 Å². The number of benzene rings is 2. The van der Waals surface area contributed by atoms with Crippen molar-refractivity contribution >= 4 is 17.2 Å². The zero-order valence-corrected chi connectivity index (χ0v) is 18.7. The molecule has 2 aliphatic rings. The maximum absolute atomic E-state index is 13.0. The van der Waals surface area contributed by atoms with Crippen molar-refractivity contribution in [2.45, 2.75) is 37.7 Å². The predicted octanol–water partition coefficient (Wildman–Crippen LogP) is 4.74. The lowest BCUT2D eigenvalue weighted by molar-refractivity contribution is 0.0942. The van der Waals surface area contributed by atoms with Crippen LogP contribution in [0.3, 0.4) is 0 Å². The third-order valence-electron chi connectivity index (χ3n) is 6.27. The second-order valence-electron chi connectivity index (χ2n) is 8.32. The van der Waals surface area contributed by atoms with E-state index < -0.39 is 0 Å². The summed E-state index contributed by atoms with van der Waals surface area (Å²) in [7, 11) is 0. The number of hydrogen-bond acceptors (Lipinski definition) is 6. The van der Waals surface area contributed by atoms with E-state index in [1.165, 1.54) is 16.9 Å². The summed E-state index contributed by atoms with van der Waals surface area (Å²) in [4.78, 5) is 17.2. The molecular weight excluding hydrogens is 424 g/mol. The number of carbonyl (C=O) groups is 1. The van der Waals surface area contributed by atoms with E-state index in [0.717, 1.165) is 42.9 Å². The SMILES string of the molecule is O=C(NCC1(c2ccc3c(c2)OCCO3)CCCC1)c1cccc(OCc2cscn2)c1. The van der Waals surface area contributed by atoms with E-state index >= 15 is 0 Å². The minimum Gasteiger partial charge on any atom is -0.487 e. The molecule has 3 aromatic rings. The summed E-state index contributed by atoms with van der Waals surface area (Å²) in [5.74, 6) is 2.17. The van der Waals surface area contributed by atoms with Gasteiger partial charge in [-0.1, -0.05) is 25.0 Å². The molecule has 2 heterocycles. The summed E-state index contributed by atoms with van der Waals surface area (Å²) in [5, 5.41) is 5.13. The minimum atomic E-state index is -0.0899. The molecule has 32 heavy (non-hydrogen) atoms. The first-order valence-electron chi connectivity index (χ1n) is 11.0. The lowest BCUT2D eigenvalue weighted by Gasteiger charge is -2.31. The van der Waals surface area contributed by atoms with Gasteiger partial charge in [-0.15, -0.1) is 11.3 Å². The molecule has 0 unspecified atom stereocenters. The molecule has 1 aliphatic carbocycles. The molecule has 1 fully saturated rings. The highest BCUT2D eigenvalue weighted by Gasteiger charge is 2.37. The molecule has 1 aliphatic heterocycles. The lowest BCUT2D eigenvalue weighted by Crippen LogP contribution is -2.39. The second-order valence-corrected chi connectivity index (χ2v) is 9.04. The van der Waals surface area contributed by atoms with E-state index in [-0.39, 0.29) is 11.3 Å². The number of fused-ring (bicyclic) bond motifs is 1. The van der Waals surface area contributed by atoms with Gasteiger partial charge in [0.05, 0.1) is 11.2 Å². The minimum absolute atomic E-state index is 0.0791. The Bertz CT molecular complexity index is 1080. The first-order chi connectivity index (χ1) is 15.7. The van der Waals surface area contributed by atoms with Gasteiger partial charge in [0.2, 0.25) is 0 Å². The number of amides is 1. The number of hydrogen-bond donors (Lipinski definition) is 1. The summed E-state index contributed by atoms with van der Waals surface area (Å²) in [5.41, 5.74) is 4.39. The van der Waals surface area contributed by atoms with Crippen LogP contribution in [0, 0.1) is 0 Å². The molecule has 6 nitrogen and oxygen atoms in total. The van der Waals surface area contributed by atoms with Crippen LogP contribution in [0.1, 0.15) is 47.3 Å². The van der Waals surface area contributed by atoms with E-state index in [0.29, 0.717) is 37.7 Å². The van der Waals surface area contributed by atoms with Crippen LogP contribution in [0.2, 0.25) is 0 Å². The number of nitrogens with zero attached hydrogens (tertiary/aromatic N) is 1. The average Bonchev–Trinajstić information content (AvgIpc) is 3.54. The van der Waals surface area contributed by atoms with Crippen LogP contribution in [0.25, 0.3) is 0 Å². The van der Waals surface area contributed by atoms with Gasteiger partial charge in [0, 0.05) is 22.9 Å². The topological polar surface area (TPSA) is 69.7 Å². The van der Waals surface area contributed by atoms with Gasteiger partial charge in [-0.2, -0.15) is 0 Å². The Morgan fingerprint density at radius 1 is 1.09 bits per heavy atom. The van der Waals surface area contributed by atoms with Crippen molar-refractivity contribution in [3.8, 4) is 17.2 Å². The Kier molecular flexibility index (Phi) is 5.99. The quantitative estimate of drug-likeness (QED) is 0.563. The number of rotatable bonds is 7. The number of aromatic nitrogens is 1. The van der Waals surface area contributed by atoms with Gasteiger partial charge in [0.25, 0.3) is 5.91 Å². The summed E-state index contributed by atoms with van der Waals surface area (Å²) in [6, 6.07) is 13.5. The highest BCUT2D eigenvalue weighted by atomic mass is 32.1. The molecular formula is C25H26N2O4S. The second kappa shape index (κ2) is 9.20. The van der Waals surface area contributed by atoms with Crippen LogP contribution < -0.4 is 19.5 Å². The normalized spacial score (nSPS) is 16.5. The van der Waals surface area contributed by atoms with Crippen molar-refractivity contribution in [3.05, 3.63) is 70.2 Å². The molecule has 1 aromatic heterocycles. The molecule has 1 amide bonds. The zero-order valence-electron chi connectivity index (χ0n) is 17.8. The fourth-order valence-electron chi connectivity index (χ4n) is 4.54. The highest BCUT2D eigenvalue weighted by Crippen LogP contribution is 2.43. The fourth-order valence-corrected chi connectivity index (χ4v) is 5.08. The van der Waals surface area contributed by atoms with Gasteiger partial charge < -0.3 is 19.5 Å². The molecule has 0 bridgehead atoms. The summed E-state index contributed by atoms with van der Waals surface area (Å²) in [6.45, 7) is 2.14. The third-order valence-corrected chi connectivity index (χ3v) is 6.90. The van der Waals surface area contributed by atoms with Crippen LogP contribution in [0.4, 0.5) is 0 Å². The van der Waals surface area contributed by atoms with Crippen molar-refractivity contribution in [1.82, 2.24) is 10.3 Å². The number of carbonyl (C=O) groups excluding carboxylic acids is 1. The third kappa shape index (κ3) is 4.43. The van der Waals surface area contributed by atoms with Crippen LogP contribution in [-0.4, -0.2) is 30.6 Å². The Balaban J connectivity index is 1.27. The highest BCUT2D eigenvalue weighted by molar-refractivity contribution is 7.07. The lowest BCUT2D eigenvalue weighted by atomic mass is 9.78. The molecule has 166 valence electrons. The van der Waals surface area contributed by atoms with E-state index in [1.54, 1.807) is 11.6 Å².